The minimum absolute atomic E-state index is 0.499. The maximum Gasteiger partial charge on any atom is 0.310 e. The number of carboxylic acids is 1. The lowest BCUT2D eigenvalue weighted by Crippen LogP contribution is -2.52. The van der Waals surface area contributed by atoms with E-state index in [1.54, 1.807) is 0 Å². The highest BCUT2D eigenvalue weighted by molar-refractivity contribution is 5.75. The van der Waals surface area contributed by atoms with Crippen molar-refractivity contribution in [2.24, 2.45) is 11.3 Å². The van der Waals surface area contributed by atoms with Crippen molar-refractivity contribution < 1.29 is 9.90 Å². The second-order valence-corrected chi connectivity index (χ2v) is 5.73. The average Bonchev–Trinajstić information content (AvgIpc) is 2.29. The van der Waals surface area contributed by atoms with Crippen LogP contribution in [0.3, 0.4) is 0 Å². The van der Waals surface area contributed by atoms with Gasteiger partial charge in [-0.05, 0) is 38.1 Å². The number of rotatable bonds is 5. The zero-order chi connectivity index (χ0) is 13.1. The zero-order valence-corrected chi connectivity index (χ0v) is 11.7. The number of aliphatic carboxylic acids is 1. The molecule has 1 saturated heterocycles. The number of piperidine rings is 1. The normalized spacial score (nSPS) is 28.3. The average molecular weight is 241 g/mol. The summed E-state index contributed by atoms with van der Waals surface area (Å²) in [5.41, 5.74) is -0.499. The smallest absolute Gasteiger partial charge is 0.310 e. The maximum absolute atomic E-state index is 11.5. The molecular weight excluding hydrogens is 214 g/mol. The van der Waals surface area contributed by atoms with Crippen molar-refractivity contribution in [1.29, 1.82) is 0 Å². The van der Waals surface area contributed by atoms with Gasteiger partial charge in [0, 0.05) is 12.6 Å². The van der Waals surface area contributed by atoms with Crippen molar-refractivity contribution in [2.45, 2.75) is 59.4 Å². The van der Waals surface area contributed by atoms with Gasteiger partial charge < -0.3 is 5.11 Å². The standard InChI is InChI=1S/C14H27NO2/c1-5-12(11(3)4)15-9-7-8-14(6-2,10-15)13(16)17/h11-12H,5-10H2,1-4H3,(H,16,17). The van der Waals surface area contributed by atoms with Gasteiger partial charge in [0.25, 0.3) is 0 Å². The quantitative estimate of drug-likeness (QED) is 0.804. The fourth-order valence-electron chi connectivity index (χ4n) is 3.22. The van der Waals surface area contributed by atoms with Crippen molar-refractivity contribution in [3.63, 3.8) is 0 Å². The predicted octanol–water partition coefficient (Wildman–Crippen LogP) is 3.00. The topological polar surface area (TPSA) is 40.5 Å². The number of hydrogen-bond acceptors (Lipinski definition) is 2. The van der Waals surface area contributed by atoms with E-state index in [0.29, 0.717) is 12.0 Å². The summed E-state index contributed by atoms with van der Waals surface area (Å²) in [4.78, 5) is 13.9. The molecule has 3 heteroatoms. The molecule has 2 unspecified atom stereocenters. The summed E-state index contributed by atoms with van der Waals surface area (Å²) in [6.45, 7) is 10.5. The van der Waals surface area contributed by atoms with Crippen LogP contribution in [0.1, 0.15) is 53.4 Å². The van der Waals surface area contributed by atoms with Crippen molar-refractivity contribution in [2.75, 3.05) is 13.1 Å². The molecule has 0 aliphatic carbocycles. The minimum atomic E-state index is -0.608. The van der Waals surface area contributed by atoms with Gasteiger partial charge in [-0.15, -0.1) is 0 Å². The van der Waals surface area contributed by atoms with Crippen LogP contribution in [0.2, 0.25) is 0 Å². The lowest BCUT2D eigenvalue weighted by molar-refractivity contribution is -0.153. The second-order valence-electron chi connectivity index (χ2n) is 5.73. The molecule has 1 heterocycles. The molecule has 0 saturated carbocycles. The van der Waals surface area contributed by atoms with Gasteiger partial charge in [0.1, 0.15) is 0 Å². The Kier molecular flexibility index (Phi) is 4.99. The van der Waals surface area contributed by atoms with Gasteiger partial charge in [0.15, 0.2) is 0 Å². The van der Waals surface area contributed by atoms with Crippen molar-refractivity contribution in [1.82, 2.24) is 4.90 Å². The summed E-state index contributed by atoms with van der Waals surface area (Å²) in [5.74, 6) is -0.00948. The Morgan fingerprint density at radius 2 is 2.06 bits per heavy atom. The summed E-state index contributed by atoms with van der Waals surface area (Å²) >= 11 is 0. The van der Waals surface area contributed by atoms with Gasteiger partial charge in [0.2, 0.25) is 0 Å². The lowest BCUT2D eigenvalue weighted by atomic mass is 9.76. The summed E-state index contributed by atoms with van der Waals surface area (Å²) < 4.78 is 0. The molecule has 17 heavy (non-hydrogen) atoms. The first-order valence-electron chi connectivity index (χ1n) is 6.94. The zero-order valence-electron chi connectivity index (χ0n) is 11.7. The fourth-order valence-corrected chi connectivity index (χ4v) is 3.22. The summed E-state index contributed by atoms with van der Waals surface area (Å²) in [5, 5.41) is 9.47. The molecule has 1 rings (SSSR count). The molecule has 100 valence electrons. The molecule has 0 radical (unpaired) electrons. The van der Waals surface area contributed by atoms with Gasteiger partial charge in [-0.2, -0.15) is 0 Å². The Hall–Kier alpha value is -0.570. The molecule has 3 nitrogen and oxygen atoms in total. The Morgan fingerprint density at radius 1 is 1.41 bits per heavy atom. The van der Waals surface area contributed by atoms with Crippen LogP contribution in [0.5, 0.6) is 0 Å². The van der Waals surface area contributed by atoms with Crippen molar-refractivity contribution >= 4 is 5.97 Å². The lowest BCUT2D eigenvalue weighted by Gasteiger charge is -2.44. The van der Waals surface area contributed by atoms with Crippen LogP contribution in [0, 0.1) is 11.3 Å². The van der Waals surface area contributed by atoms with Crippen LogP contribution in [0.25, 0.3) is 0 Å². The Labute approximate surface area is 105 Å². The van der Waals surface area contributed by atoms with Gasteiger partial charge in [-0.1, -0.05) is 27.7 Å². The number of likely N-dealkylation sites (tertiary alicyclic amines) is 1. The van der Waals surface area contributed by atoms with E-state index in [0.717, 1.165) is 38.8 Å². The molecule has 2 atom stereocenters. The highest BCUT2D eigenvalue weighted by atomic mass is 16.4. The van der Waals surface area contributed by atoms with Crippen molar-refractivity contribution in [3.8, 4) is 0 Å². The Morgan fingerprint density at radius 3 is 2.47 bits per heavy atom. The van der Waals surface area contributed by atoms with Crippen molar-refractivity contribution in [3.05, 3.63) is 0 Å². The van der Waals surface area contributed by atoms with Gasteiger partial charge >= 0.3 is 5.97 Å². The molecule has 0 aromatic rings. The van der Waals surface area contributed by atoms with Crippen LogP contribution in [-0.4, -0.2) is 35.1 Å². The monoisotopic (exact) mass is 241 g/mol. The predicted molar refractivity (Wildman–Crippen MR) is 70.1 cm³/mol. The first kappa shape index (κ1) is 14.5. The van der Waals surface area contributed by atoms with Gasteiger partial charge in [-0.25, -0.2) is 0 Å². The third-order valence-corrected chi connectivity index (χ3v) is 4.39. The first-order valence-corrected chi connectivity index (χ1v) is 6.94. The molecule has 0 aromatic carbocycles. The molecule has 0 spiro atoms. The SMILES string of the molecule is CCC(C(C)C)N1CCCC(CC)(C(=O)O)C1. The first-order chi connectivity index (χ1) is 7.96. The third kappa shape index (κ3) is 3.01. The molecule has 1 aliphatic heterocycles. The largest absolute Gasteiger partial charge is 0.481 e. The molecule has 1 aliphatic rings. The number of nitrogens with zero attached hydrogens (tertiary/aromatic N) is 1. The van der Waals surface area contributed by atoms with E-state index in [4.69, 9.17) is 0 Å². The molecule has 0 aromatic heterocycles. The van der Waals surface area contributed by atoms with Crippen LogP contribution in [-0.2, 0) is 4.79 Å². The maximum atomic E-state index is 11.5. The summed E-state index contributed by atoms with van der Waals surface area (Å²) in [7, 11) is 0. The number of hydrogen-bond donors (Lipinski definition) is 1. The summed E-state index contributed by atoms with van der Waals surface area (Å²) in [6, 6.07) is 0.528. The van der Waals surface area contributed by atoms with Crippen LogP contribution >= 0.6 is 0 Å². The van der Waals surface area contributed by atoms with E-state index in [2.05, 4.69) is 25.7 Å². The molecule has 1 N–H and O–H groups in total. The molecule has 1 fully saturated rings. The Bertz CT molecular complexity index is 265. The van der Waals surface area contributed by atoms with Crippen LogP contribution in [0.4, 0.5) is 0 Å². The van der Waals surface area contributed by atoms with E-state index < -0.39 is 11.4 Å². The van der Waals surface area contributed by atoms with E-state index in [1.807, 2.05) is 6.92 Å². The second kappa shape index (κ2) is 5.85. The highest BCUT2D eigenvalue weighted by Crippen LogP contribution is 2.35. The highest BCUT2D eigenvalue weighted by Gasteiger charge is 2.42. The van der Waals surface area contributed by atoms with Crippen LogP contribution < -0.4 is 0 Å². The summed E-state index contributed by atoms with van der Waals surface area (Å²) in [6.07, 6.45) is 3.71. The third-order valence-electron chi connectivity index (χ3n) is 4.39. The molecular formula is C14H27NO2. The van der Waals surface area contributed by atoms with Gasteiger partial charge in [0.05, 0.1) is 5.41 Å². The van der Waals surface area contributed by atoms with E-state index in [-0.39, 0.29) is 0 Å². The molecule has 0 bridgehead atoms. The number of carboxylic acid groups (broad SMARTS) is 1. The Balaban J connectivity index is 2.80. The van der Waals surface area contributed by atoms with Crippen LogP contribution in [0.15, 0.2) is 0 Å². The van der Waals surface area contributed by atoms with E-state index >= 15 is 0 Å². The van der Waals surface area contributed by atoms with Gasteiger partial charge in [-0.3, -0.25) is 9.69 Å². The van der Waals surface area contributed by atoms with E-state index in [9.17, 15) is 9.90 Å². The number of carbonyl (C=O) groups is 1. The molecule has 0 amide bonds. The van der Waals surface area contributed by atoms with E-state index in [1.165, 1.54) is 0 Å². The fraction of sp³-hybridized carbons (Fsp3) is 0.929. The minimum Gasteiger partial charge on any atom is -0.481 e.